The van der Waals surface area contributed by atoms with Crippen LogP contribution in [0.1, 0.15) is 18.4 Å². The maximum atomic E-state index is 12.2. The standard InChI is InChI=1S/C22H24N2O4/c1-15-10-11-19(27-3)17(13-15)23-21(25)9-6-12-28-20-14-22(26)24(2)18-8-5-4-7-16(18)20/h4-5,7-8,10-11,13-14H,6,9,12H2,1-3H3,(H,23,25). The quantitative estimate of drug-likeness (QED) is 0.635. The molecule has 0 saturated heterocycles. The summed E-state index contributed by atoms with van der Waals surface area (Å²) in [5.41, 5.74) is 2.38. The van der Waals surface area contributed by atoms with Crippen LogP contribution < -0.4 is 20.3 Å². The molecule has 0 aliphatic heterocycles. The fourth-order valence-corrected chi connectivity index (χ4v) is 3.05. The van der Waals surface area contributed by atoms with Crippen molar-refractivity contribution in [3.63, 3.8) is 0 Å². The monoisotopic (exact) mass is 380 g/mol. The Labute approximate surface area is 163 Å². The zero-order valence-electron chi connectivity index (χ0n) is 16.3. The van der Waals surface area contributed by atoms with Crippen molar-refractivity contribution in [2.75, 3.05) is 19.0 Å². The molecule has 3 rings (SSSR count). The van der Waals surface area contributed by atoms with Crippen molar-refractivity contribution >= 4 is 22.5 Å². The average Bonchev–Trinajstić information content (AvgIpc) is 2.69. The number of nitrogens with one attached hydrogen (secondary N) is 1. The second-order valence-corrected chi connectivity index (χ2v) is 6.63. The Kier molecular flexibility index (Phi) is 5.99. The number of aromatic nitrogens is 1. The number of nitrogens with zero attached hydrogens (tertiary/aromatic N) is 1. The van der Waals surface area contributed by atoms with Crippen LogP contribution in [0.2, 0.25) is 0 Å². The Hall–Kier alpha value is -3.28. The average molecular weight is 380 g/mol. The van der Waals surface area contributed by atoms with Crippen molar-refractivity contribution in [2.24, 2.45) is 7.05 Å². The van der Waals surface area contributed by atoms with Gasteiger partial charge in [-0.1, -0.05) is 18.2 Å². The summed E-state index contributed by atoms with van der Waals surface area (Å²) < 4.78 is 12.7. The number of aryl methyl sites for hydroxylation is 2. The normalized spacial score (nSPS) is 10.7. The van der Waals surface area contributed by atoms with Gasteiger partial charge in [-0.25, -0.2) is 0 Å². The van der Waals surface area contributed by atoms with E-state index in [1.54, 1.807) is 18.7 Å². The number of carbonyl (C=O) groups excluding carboxylic acids is 1. The second-order valence-electron chi connectivity index (χ2n) is 6.63. The number of pyridine rings is 1. The lowest BCUT2D eigenvalue weighted by molar-refractivity contribution is -0.116. The van der Waals surface area contributed by atoms with E-state index >= 15 is 0 Å². The van der Waals surface area contributed by atoms with Crippen molar-refractivity contribution in [3.8, 4) is 11.5 Å². The highest BCUT2D eigenvalue weighted by atomic mass is 16.5. The molecule has 0 spiro atoms. The first kappa shape index (κ1) is 19.5. The molecule has 6 nitrogen and oxygen atoms in total. The van der Waals surface area contributed by atoms with Gasteiger partial charge in [-0.2, -0.15) is 0 Å². The third kappa shape index (κ3) is 4.34. The highest BCUT2D eigenvalue weighted by molar-refractivity contribution is 5.92. The fraction of sp³-hybridized carbons (Fsp3) is 0.273. The largest absolute Gasteiger partial charge is 0.495 e. The number of benzene rings is 2. The first-order valence-electron chi connectivity index (χ1n) is 9.15. The summed E-state index contributed by atoms with van der Waals surface area (Å²) in [6.07, 6.45) is 0.837. The lowest BCUT2D eigenvalue weighted by Crippen LogP contribution is -2.17. The Bertz CT molecular complexity index is 1060. The molecule has 0 radical (unpaired) electrons. The van der Waals surface area contributed by atoms with Gasteiger partial charge in [-0.15, -0.1) is 0 Å². The highest BCUT2D eigenvalue weighted by Gasteiger charge is 2.10. The summed E-state index contributed by atoms with van der Waals surface area (Å²) in [4.78, 5) is 24.3. The predicted octanol–water partition coefficient (Wildman–Crippen LogP) is 3.65. The summed E-state index contributed by atoms with van der Waals surface area (Å²) in [5.74, 6) is 1.06. The van der Waals surface area contributed by atoms with Crippen LogP contribution in [0.25, 0.3) is 10.9 Å². The number of anilines is 1. The van der Waals surface area contributed by atoms with Crippen LogP contribution in [-0.2, 0) is 11.8 Å². The molecule has 28 heavy (non-hydrogen) atoms. The van der Waals surface area contributed by atoms with Crippen LogP contribution in [0.3, 0.4) is 0 Å². The van der Waals surface area contributed by atoms with Crippen molar-refractivity contribution in [1.29, 1.82) is 0 Å². The number of carbonyl (C=O) groups is 1. The Morgan fingerprint density at radius 2 is 1.89 bits per heavy atom. The van der Waals surface area contributed by atoms with Gasteiger partial charge in [0.25, 0.3) is 5.56 Å². The van der Waals surface area contributed by atoms with E-state index in [2.05, 4.69) is 5.32 Å². The Morgan fingerprint density at radius 1 is 1.11 bits per heavy atom. The first-order valence-corrected chi connectivity index (χ1v) is 9.15. The molecule has 0 atom stereocenters. The van der Waals surface area contributed by atoms with E-state index < -0.39 is 0 Å². The minimum Gasteiger partial charge on any atom is -0.495 e. The van der Waals surface area contributed by atoms with Gasteiger partial charge in [-0.3, -0.25) is 9.59 Å². The smallest absolute Gasteiger partial charge is 0.254 e. The summed E-state index contributed by atoms with van der Waals surface area (Å²) in [6.45, 7) is 2.30. The molecule has 1 aromatic heterocycles. The Morgan fingerprint density at radius 3 is 2.68 bits per heavy atom. The number of fused-ring (bicyclic) bond motifs is 1. The van der Waals surface area contributed by atoms with Gasteiger partial charge in [-0.05, 0) is 43.2 Å². The van der Waals surface area contributed by atoms with Crippen molar-refractivity contribution in [1.82, 2.24) is 4.57 Å². The molecule has 0 bridgehead atoms. The minimum atomic E-state index is -0.127. The number of amides is 1. The van der Waals surface area contributed by atoms with Gasteiger partial charge in [0.1, 0.15) is 11.5 Å². The van der Waals surface area contributed by atoms with E-state index in [-0.39, 0.29) is 11.5 Å². The zero-order valence-corrected chi connectivity index (χ0v) is 16.3. The van der Waals surface area contributed by atoms with Crippen LogP contribution in [0.15, 0.2) is 53.3 Å². The summed E-state index contributed by atoms with van der Waals surface area (Å²) in [7, 11) is 3.31. The molecule has 1 heterocycles. The van der Waals surface area contributed by atoms with E-state index in [9.17, 15) is 9.59 Å². The van der Waals surface area contributed by atoms with Crippen LogP contribution in [0.5, 0.6) is 11.5 Å². The van der Waals surface area contributed by atoms with Gasteiger partial charge in [0.2, 0.25) is 5.91 Å². The Balaban J connectivity index is 1.59. The third-order valence-corrected chi connectivity index (χ3v) is 4.55. The lowest BCUT2D eigenvalue weighted by atomic mass is 10.2. The molecule has 6 heteroatoms. The van der Waals surface area contributed by atoms with Crippen LogP contribution in [0.4, 0.5) is 5.69 Å². The topological polar surface area (TPSA) is 69.6 Å². The van der Waals surface area contributed by atoms with Gasteiger partial charge < -0.3 is 19.4 Å². The van der Waals surface area contributed by atoms with Crippen molar-refractivity contribution < 1.29 is 14.3 Å². The molecule has 0 fully saturated rings. The van der Waals surface area contributed by atoms with Gasteiger partial charge in [0, 0.05) is 24.9 Å². The minimum absolute atomic E-state index is 0.110. The molecule has 146 valence electrons. The first-order chi connectivity index (χ1) is 13.5. The fourth-order valence-electron chi connectivity index (χ4n) is 3.05. The molecule has 0 aliphatic rings. The summed E-state index contributed by atoms with van der Waals surface area (Å²) >= 11 is 0. The van der Waals surface area contributed by atoms with Crippen molar-refractivity contribution in [2.45, 2.75) is 19.8 Å². The van der Waals surface area contributed by atoms with Crippen LogP contribution >= 0.6 is 0 Å². The molecule has 2 aromatic carbocycles. The van der Waals surface area contributed by atoms with E-state index in [1.807, 2.05) is 49.4 Å². The van der Waals surface area contributed by atoms with E-state index in [4.69, 9.17) is 9.47 Å². The lowest BCUT2D eigenvalue weighted by Gasteiger charge is -2.12. The molecule has 0 saturated carbocycles. The van der Waals surface area contributed by atoms with Crippen LogP contribution in [-0.4, -0.2) is 24.2 Å². The van der Waals surface area contributed by atoms with Crippen molar-refractivity contribution in [3.05, 3.63) is 64.4 Å². The summed E-state index contributed by atoms with van der Waals surface area (Å²) in [6, 6.07) is 14.7. The number of hydrogen-bond donors (Lipinski definition) is 1. The molecule has 3 aromatic rings. The van der Waals surface area contributed by atoms with Gasteiger partial charge in [0.05, 0.1) is 24.9 Å². The van der Waals surface area contributed by atoms with Gasteiger partial charge >= 0.3 is 0 Å². The number of rotatable bonds is 7. The molecular formula is C22H24N2O4. The molecule has 0 unspecified atom stereocenters. The maximum absolute atomic E-state index is 12.2. The van der Waals surface area contributed by atoms with Crippen LogP contribution in [0, 0.1) is 6.92 Å². The van der Waals surface area contributed by atoms with E-state index in [0.717, 1.165) is 16.5 Å². The highest BCUT2D eigenvalue weighted by Crippen LogP contribution is 2.26. The molecule has 1 N–H and O–H groups in total. The predicted molar refractivity (Wildman–Crippen MR) is 110 cm³/mol. The van der Waals surface area contributed by atoms with E-state index in [1.165, 1.54) is 6.07 Å². The maximum Gasteiger partial charge on any atom is 0.254 e. The van der Waals surface area contributed by atoms with E-state index in [0.29, 0.717) is 36.6 Å². The number of para-hydroxylation sites is 1. The molecular weight excluding hydrogens is 356 g/mol. The number of hydrogen-bond acceptors (Lipinski definition) is 4. The summed E-state index contributed by atoms with van der Waals surface area (Å²) in [5, 5.41) is 3.75. The SMILES string of the molecule is COc1ccc(C)cc1NC(=O)CCCOc1cc(=O)n(C)c2ccccc12. The number of ether oxygens (including phenoxy) is 2. The second kappa shape index (κ2) is 8.61. The van der Waals surface area contributed by atoms with Gasteiger partial charge in [0.15, 0.2) is 0 Å². The third-order valence-electron chi connectivity index (χ3n) is 4.55. The number of methoxy groups -OCH3 is 1. The zero-order chi connectivity index (χ0) is 20.1. The molecule has 1 amide bonds. The molecule has 0 aliphatic carbocycles.